The van der Waals surface area contributed by atoms with Crippen molar-refractivity contribution in [2.45, 2.75) is 25.3 Å². The summed E-state index contributed by atoms with van der Waals surface area (Å²) in [7, 11) is 1.81. The molecule has 0 spiro atoms. The number of nitrogens with zero attached hydrogens (tertiary/aromatic N) is 1. The Morgan fingerprint density at radius 1 is 1.39 bits per heavy atom. The highest BCUT2D eigenvalue weighted by atomic mass is 79.9. The van der Waals surface area contributed by atoms with E-state index in [1.807, 2.05) is 7.05 Å². The van der Waals surface area contributed by atoms with Gasteiger partial charge in [0.1, 0.15) is 5.82 Å². The maximum atomic E-state index is 13.2. The third-order valence-electron chi connectivity index (χ3n) is 4.05. The van der Waals surface area contributed by atoms with Crippen LogP contribution in [-0.4, -0.2) is 49.4 Å². The van der Waals surface area contributed by atoms with Gasteiger partial charge in [-0.15, -0.1) is 0 Å². The molecule has 23 heavy (non-hydrogen) atoms. The number of rotatable bonds is 5. The van der Waals surface area contributed by atoms with Crippen LogP contribution in [0, 0.1) is 5.82 Å². The summed E-state index contributed by atoms with van der Waals surface area (Å²) in [5.41, 5.74) is 0.226. The maximum Gasteiger partial charge on any atom is 0.252 e. The summed E-state index contributed by atoms with van der Waals surface area (Å²) in [4.78, 5) is 26.0. The van der Waals surface area contributed by atoms with E-state index in [4.69, 9.17) is 0 Å². The molecule has 0 aliphatic carbocycles. The minimum atomic E-state index is -0.472. The molecule has 126 valence electrons. The zero-order valence-corrected chi connectivity index (χ0v) is 14.7. The van der Waals surface area contributed by atoms with Gasteiger partial charge in [-0.2, -0.15) is 0 Å². The first kappa shape index (κ1) is 17.9. The Kier molecular flexibility index (Phi) is 6.53. The summed E-state index contributed by atoms with van der Waals surface area (Å²) < 4.78 is 13.7. The fourth-order valence-electron chi connectivity index (χ4n) is 2.62. The van der Waals surface area contributed by atoms with Gasteiger partial charge in [0, 0.05) is 30.5 Å². The Labute approximate surface area is 143 Å². The summed E-state index contributed by atoms with van der Waals surface area (Å²) in [6.07, 6.45) is 2.13. The van der Waals surface area contributed by atoms with E-state index in [0.717, 1.165) is 25.9 Å². The fraction of sp³-hybridized carbons (Fsp3) is 0.500. The molecule has 1 aromatic rings. The molecule has 0 unspecified atom stereocenters. The van der Waals surface area contributed by atoms with Crippen molar-refractivity contribution >= 4 is 27.7 Å². The zero-order valence-electron chi connectivity index (χ0n) is 13.1. The van der Waals surface area contributed by atoms with Crippen molar-refractivity contribution in [3.8, 4) is 0 Å². The quantitative estimate of drug-likeness (QED) is 0.813. The number of piperidine rings is 1. The van der Waals surface area contributed by atoms with E-state index in [-0.39, 0.29) is 30.5 Å². The van der Waals surface area contributed by atoms with E-state index in [0.29, 0.717) is 4.47 Å². The van der Waals surface area contributed by atoms with E-state index in [9.17, 15) is 14.0 Å². The molecule has 7 heteroatoms. The van der Waals surface area contributed by atoms with Crippen LogP contribution in [0.1, 0.15) is 29.6 Å². The monoisotopic (exact) mass is 385 g/mol. The van der Waals surface area contributed by atoms with Gasteiger partial charge >= 0.3 is 0 Å². The first-order valence-corrected chi connectivity index (χ1v) is 8.48. The van der Waals surface area contributed by atoms with Crippen LogP contribution in [0.25, 0.3) is 0 Å². The van der Waals surface area contributed by atoms with E-state index in [1.54, 1.807) is 4.90 Å². The lowest BCUT2D eigenvalue weighted by Gasteiger charge is -2.31. The predicted molar refractivity (Wildman–Crippen MR) is 89.7 cm³/mol. The maximum absolute atomic E-state index is 13.2. The Morgan fingerprint density at radius 3 is 2.78 bits per heavy atom. The van der Waals surface area contributed by atoms with E-state index >= 15 is 0 Å². The van der Waals surface area contributed by atoms with Gasteiger partial charge in [-0.05, 0) is 60.1 Å². The first-order chi connectivity index (χ1) is 11.0. The highest BCUT2D eigenvalue weighted by Crippen LogP contribution is 2.17. The summed E-state index contributed by atoms with van der Waals surface area (Å²) in [6.45, 7) is 2.08. The molecule has 1 aliphatic rings. The molecule has 0 atom stereocenters. The summed E-state index contributed by atoms with van der Waals surface area (Å²) >= 11 is 3.22. The number of hydrogen-bond acceptors (Lipinski definition) is 3. The largest absolute Gasteiger partial charge is 0.351 e. The third-order valence-corrected chi connectivity index (χ3v) is 4.74. The normalized spacial score (nSPS) is 15.3. The topological polar surface area (TPSA) is 61.4 Å². The van der Waals surface area contributed by atoms with E-state index < -0.39 is 11.7 Å². The molecule has 0 radical (unpaired) electrons. The Morgan fingerprint density at radius 2 is 2.09 bits per heavy atom. The van der Waals surface area contributed by atoms with Crippen LogP contribution < -0.4 is 10.6 Å². The molecule has 1 heterocycles. The van der Waals surface area contributed by atoms with Crippen molar-refractivity contribution in [2.24, 2.45) is 0 Å². The van der Waals surface area contributed by atoms with Crippen molar-refractivity contribution in [3.05, 3.63) is 34.1 Å². The number of benzene rings is 1. The summed E-state index contributed by atoms with van der Waals surface area (Å²) in [5.74, 6) is -0.857. The van der Waals surface area contributed by atoms with Gasteiger partial charge in [-0.3, -0.25) is 9.59 Å². The first-order valence-electron chi connectivity index (χ1n) is 7.68. The van der Waals surface area contributed by atoms with Crippen LogP contribution in [0.15, 0.2) is 22.7 Å². The molecular formula is C16H21BrFN3O2. The Balaban J connectivity index is 1.80. The number of carbonyl (C=O) groups is 2. The van der Waals surface area contributed by atoms with E-state index in [1.165, 1.54) is 18.2 Å². The highest BCUT2D eigenvalue weighted by molar-refractivity contribution is 9.10. The molecule has 2 N–H and O–H groups in total. The van der Waals surface area contributed by atoms with Crippen molar-refractivity contribution in [2.75, 3.05) is 26.7 Å². The molecule has 0 bridgehead atoms. The smallest absolute Gasteiger partial charge is 0.252 e. The minimum absolute atomic E-state index is 0.00973. The number of nitrogens with one attached hydrogen (secondary N) is 2. The average molecular weight is 386 g/mol. The molecule has 2 rings (SSSR count). The predicted octanol–water partition coefficient (Wildman–Crippen LogP) is 1.92. The van der Waals surface area contributed by atoms with Gasteiger partial charge in [0.25, 0.3) is 5.91 Å². The summed E-state index contributed by atoms with van der Waals surface area (Å²) in [5, 5.41) is 5.92. The van der Waals surface area contributed by atoms with Crippen LogP contribution in [0.4, 0.5) is 4.39 Å². The van der Waals surface area contributed by atoms with Crippen molar-refractivity contribution in [3.63, 3.8) is 0 Å². The van der Waals surface area contributed by atoms with Crippen LogP contribution >= 0.6 is 15.9 Å². The average Bonchev–Trinajstić information content (AvgIpc) is 2.56. The summed E-state index contributed by atoms with van der Waals surface area (Å²) in [6, 6.07) is 4.19. The van der Waals surface area contributed by atoms with Crippen molar-refractivity contribution in [1.82, 2.24) is 15.5 Å². The Hall–Kier alpha value is -1.47. The molecule has 1 aliphatic heterocycles. The van der Waals surface area contributed by atoms with Crippen LogP contribution in [0.2, 0.25) is 0 Å². The van der Waals surface area contributed by atoms with Crippen LogP contribution in [-0.2, 0) is 4.79 Å². The van der Waals surface area contributed by atoms with Crippen molar-refractivity contribution < 1.29 is 14.0 Å². The molecule has 1 aromatic carbocycles. The highest BCUT2D eigenvalue weighted by Gasteiger charge is 2.21. The van der Waals surface area contributed by atoms with Crippen molar-refractivity contribution in [1.29, 1.82) is 0 Å². The molecular weight excluding hydrogens is 365 g/mol. The molecule has 5 nitrogen and oxygen atoms in total. The van der Waals surface area contributed by atoms with Gasteiger partial charge in [0.2, 0.25) is 5.91 Å². The lowest BCUT2D eigenvalue weighted by molar-refractivity contribution is -0.132. The Bertz CT molecular complexity index is 576. The lowest BCUT2D eigenvalue weighted by atomic mass is 10.1. The molecule has 1 saturated heterocycles. The van der Waals surface area contributed by atoms with Gasteiger partial charge in [-0.25, -0.2) is 4.39 Å². The second-order valence-electron chi connectivity index (χ2n) is 5.62. The fourth-order valence-corrected chi connectivity index (χ4v) is 3.05. The number of amides is 2. The van der Waals surface area contributed by atoms with Crippen LogP contribution in [0.5, 0.6) is 0 Å². The minimum Gasteiger partial charge on any atom is -0.351 e. The van der Waals surface area contributed by atoms with Gasteiger partial charge in [-0.1, -0.05) is 0 Å². The third kappa shape index (κ3) is 5.00. The molecule has 2 amide bonds. The molecule has 0 saturated carbocycles. The van der Waals surface area contributed by atoms with E-state index in [2.05, 4.69) is 26.6 Å². The SMILES string of the molecule is CN(C(=O)CCNC(=O)c1cc(F)ccc1Br)C1CCNCC1. The second kappa shape index (κ2) is 8.40. The van der Waals surface area contributed by atoms with Gasteiger partial charge < -0.3 is 15.5 Å². The van der Waals surface area contributed by atoms with Gasteiger partial charge in [0.05, 0.1) is 5.56 Å². The molecule has 0 aromatic heterocycles. The second-order valence-corrected chi connectivity index (χ2v) is 6.47. The molecule has 1 fully saturated rings. The lowest BCUT2D eigenvalue weighted by Crippen LogP contribution is -2.44. The number of hydrogen-bond donors (Lipinski definition) is 2. The number of carbonyl (C=O) groups excluding carboxylic acids is 2. The number of halogens is 2. The van der Waals surface area contributed by atoms with Gasteiger partial charge in [0.15, 0.2) is 0 Å². The van der Waals surface area contributed by atoms with Crippen LogP contribution in [0.3, 0.4) is 0 Å². The standard InChI is InChI=1S/C16H21BrFN3O2/c1-21(12-4-7-19-8-5-12)15(22)6-9-20-16(23)13-10-11(18)2-3-14(13)17/h2-3,10,12,19H,4-9H2,1H3,(H,20,23). The zero-order chi connectivity index (χ0) is 16.8.